The zero-order valence-electron chi connectivity index (χ0n) is 7.80. The highest BCUT2D eigenvalue weighted by molar-refractivity contribution is 5.78. The largest absolute Gasteiger partial charge is 0.356 e. The Kier molecular flexibility index (Phi) is 6.91. The number of carbonyl (C=O) groups is 2. The van der Waals surface area contributed by atoms with Crippen molar-refractivity contribution >= 4 is 11.8 Å². The van der Waals surface area contributed by atoms with Gasteiger partial charge < -0.3 is 5.32 Å². The molecular formula is C8H16N2O3. The molecule has 0 atom stereocenters. The predicted octanol–water partition coefficient (Wildman–Crippen LogP) is 0.188. The van der Waals surface area contributed by atoms with Gasteiger partial charge in [-0.15, -0.1) is 0 Å². The Morgan fingerprint density at radius 1 is 1.23 bits per heavy atom. The quantitative estimate of drug-likeness (QED) is 0.411. The fourth-order valence-electron chi connectivity index (χ4n) is 0.797. The Hall–Kier alpha value is -1.10. The van der Waals surface area contributed by atoms with Crippen LogP contribution in [0.4, 0.5) is 0 Å². The SMILES string of the molecule is CCCCC(=O)NCCC(=O)NO. The zero-order chi connectivity index (χ0) is 10.1. The van der Waals surface area contributed by atoms with Gasteiger partial charge in [0.15, 0.2) is 0 Å². The Morgan fingerprint density at radius 3 is 2.46 bits per heavy atom. The first-order valence-electron chi connectivity index (χ1n) is 4.40. The smallest absolute Gasteiger partial charge is 0.245 e. The monoisotopic (exact) mass is 188 g/mol. The molecule has 0 rings (SSSR count). The second kappa shape index (κ2) is 7.54. The maximum absolute atomic E-state index is 11.0. The van der Waals surface area contributed by atoms with Crippen LogP contribution in [0.2, 0.25) is 0 Å². The van der Waals surface area contributed by atoms with Crippen LogP contribution in [-0.2, 0) is 9.59 Å². The highest BCUT2D eigenvalue weighted by Gasteiger charge is 2.01. The van der Waals surface area contributed by atoms with Gasteiger partial charge in [-0.1, -0.05) is 13.3 Å². The number of hydrogen-bond acceptors (Lipinski definition) is 3. The van der Waals surface area contributed by atoms with Crippen LogP contribution in [0.1, 0.15) is 32.6 Å². The standard InChI is InChI=1S/C8H16N2O3/c1-2-3-4-7(11)9-6-5-8(12)10-13/h13H,2-6H2,1H3,(H,9,11)(H,10,12). The minimum Gasteiger partial charge on any atom is -0.356 e. The summed E-state index contributed by atoms with van der Waals surface area (Å²) in [6, 6.07) is 0. The molecule has 0 radical (unpaired) electrons. The van der Waals surface area contributed by atoms with Gasteiger partial charge in [-0.05, 0) is 6.42 Å². The summed E-state index contributed by atoms with van der Waals surface area (Å²) in [6.45, 7) is 2.28. The summed E-state index contributed by atoms with van der Waals surface area (Å²) in [6.07, 6.45) is 2.44. The second-order valence-corrected chi connectivity index (χ2v) is 2.74. The van der Waals surface area contributed by atoms with Gasteiger partial charge in [0.25, 0.3) is 0 Å². The first-order chi connectivity index (χ1) is 6.20. The molecule has 0 aliphatic carbocycles. The Labute approximate surface area is 77.5 Å². The van der Waals surface area contributed by atoms with Gasteiger partial charge in [0.2, 0.25) is 11.8 Å². The maximum atomic E-state index is 11.0. The fourth-order valence-corrected chi connectivity index (χ4v) is 0.797. The number of unbranched alkanes of at least 4 members (excludes halogenated alkanes) is 1. The van der Waals surface area contributed by atoms with E-state index in [0.29, 0.717) is 6.42 Å². The van der Waals surface area contributed by atoms with E-state index in [-0.39, 0.29) is 18.9 Å². The third-order valence-electron chi connectivity index (χ3n) is 1.56. The number of nitrogens with one attached hydrogen (secondary N) is 2. The minimum absolute atomic E-state index is 0.0485. The van der Waals surface area contributed by atoms with Crippen molar-refractivity contribution in [3.63, 3.8) is 0 Å². The molecule has 0 saturated carbocycles. The van der Waals surface area contributed by atoms with Crippen LogP contribution in [0.5, 0.6) is 0 Å². The molecule has 0 aromatic heterocycles. The number of hydroxylamine groups is 1. The molecule has 0 aromatic rings. The van der Waals surface area contributed by atoms with Gasteiger partial charge in [0.05, 0.1) is 0 Å². The van der Waals surface area contributed by atoms with Gasteiger partial charge >= 0.3 is 0 Å². The van der Waals surface area contributed by atoms with E-state index in [1.165, 1.54) is 5.48 Å². The van der Waals surface area contributed by atoms with Crippen molar-refractivity contribution < 1.29 is 14.8 Å². The molecule has 0 saturated heterocycles. The lowest BCUT2D eigenvalue weighted by Gasteiger charge is -2.02. The van der Waals surface area contributed by atoms with Crippen molar-refractivity contribution in [2.45, 2.75) is 32.6 Å². The minimum atomic E-state index is -0.490. The Balaban J connectivity index is 3.31. The molecule has 0 aliphatic rings. The molecule has 76 valence electrons. The van der Waals surface area contributed by atoms with E-state index in [9.17, 15) is 9.59 Å². The third kappa shape index (κ3) is 7.27. The van der Waals surface area contributed by atoms with E-state index in [1.807, 2.05) is 6.92 Å². The molecule has 0 aromatic carbocycles. The average Bonchev–Trinajstić information content (AvgIpc) is 2.14. The highest BCUT2D eigenvalue weighted by atomic mass is 16.5. The highest BCUT2D eigenvalue weighted by Crippen LogP contribution is 1.92. The molecule has 5 heteroatoms. The van der Waals surface area contributed by atoms with Crippen molar-refractivity contribution in [2.24, 2.45) is 0 Å². The van der Waals surface area contributed by atoms with Crippen molar-refractivity contribution in [3.05, 3.63) is 0 Å². The maximum Gasteiger partial charge on any atom is 0.245 e. The molecule has 2 amide bonds. The van der Waals surface area contributed by atoms with E-state index >= 15 is 0 Å². The molecule has 13 heavy (non-hydrogen) atoms. The van der Waals surface area contributed by atoms with Crippen molar-refractivity contribution in [3.8, 4) is 0 Å². The number of rotatable bonds is 6. The summed E-state index contributed by atoms with van der Waals surface area (Å²) in [4.78, 5) is 21.5. The van der Waals surface area contributed by atoms with Gasteiger partial charge in [0.1, 0.15) is 0 Å². The number of carbonyl (C=O) groups excluding carboxylic acids is 2. The van der Waals surface area contributed by atoms with Gasteiger partial charge in [-0.2, -0.15) is 0 Å². The van der Waals surface area contributed by atoms with Crippen LogP contribution in [0.3, 0.4) is 0 Å². The van der Waals surface area contributed by atoms with Crippen LogP contribution < -0.4 is 10.8 Å². The van der Waals surface area contributed by atoms with E-state index in [2.05, 4.69) is 5.32 Å². The van der Waals surface area contributed by atoms with Crippen molar-refractivity contribution in [1.29, 1.82) is 0 Å². The van der Waals surface area contributed by atoms with E-state index < -0.39 is 5.91 Å². The summed E-state index contributed by atoms with van der Waals surface area (Å²) < 4.78 is 0. The van der Waals surface area contributed by atoms with Crippen molar-refractivity contribution in [1.82, 2.24) is 10.8 Å². The Bertz CT molecular complexity index is 171. The average molecular weight is 188 g/mol. The van der Waals surface area contributed by atoms with Crippen LogP contribution >= 0.6 is 0 Å². The van der Waals surface area contributed by atoms with Crippen LogP contribution in [-0.4, -0.2) is 23.6 Å². The lowest BCUT2D eigenvalue weighted by Crippen LogP contribution is -2.29. The van der Waals surface area contributed by atoms with E-state index in [1.54, 1.807) is 0 Å². The normalized spacial score (nSPS) is 9.38. The molecule has 3 N–H and O–H groups in total. The Morgan fingerprint density at radius 2 is 1.92 bits per heavy atom. The number of hydrogen-bond donors (Lipinski definition) is 3. The lowest BCUT2D eigenvalue weighted by molar-refractivity contribution is -0.129. The lowest BCUT2D eigenvalue weighted by atomic mass is 10.2. The molecule has 0 unspecified atom stereocenters. The summed E-state index contributed by atoms with van der Waals surface area (Å²) in [5.41, 5.74) is 1.49. The molecule has 0 aliphatic heterocycles. The predicted molar refractivity (Wildman–Crippen MR) is 47.1 cm³/mol. The summed E-state index contributed by atoms with van der Waals surface area (Å²) in [5, 5.41) is 10.7. The van der Waals surface area contributed by atoms with E-state index in [4.69, 9.17) is 5.21 Å². The topological polar surface area (TPSA) is 78.4 Å². The third-order valence-corrected chi connectivity index (χ3v) is 1.56. The summed E-state index contributed by atoms with van der Waals surface area (Å²) in [5.74, 6) is -0.539. The molecule has 0 heterocycles. The zero-order valence-corrected chi connectivity index (χ0v) is 7.80. The van der Waals surface area contributed by atoms with Gasteiger partial charge in [-0.25, -0.2) is 5.48 Å². The second-order valence-electron chi connectivity index (χ2n) is 2.74. The fraction of sp³-hybridized carbons (Fsp3) is 0.750. The van der Waals surface area contributed by atoms with Gasteiger partial charge in [0, 0.05) is 19.4 Å². The molecular weight excluding hydrogens is 172 g/mol. The van der Waals surface area contributed by atoms with Crippen LogP contribution in [0, 0.1) is 0 Å². The molecule has 5 nitrogen and oxygen atoms in total. The molecule has 0 fully saturated rings. The van der Waals surface area contributed by atoms with Crippen molar-refractivity contribution in [2.75, 3.05) is 6.54 Å². The van der Waals surface area contributed by atoms with Crippen LogP contribution in [0.15, 0.2) is 0 Å². The van der Waals surface area contributed by atoms with Crippen LogP contribution in [0.25, 0.3) is 0 Å². The first kappa shape index (κ1) is 11.9. The number of amides is 2. The summed E-state index contributed by atoms with van der Waals surface area (Å²) in [7, 11) is 0. The molecule has 0 bridgehead atoms. The van der Waals surface area contributed by atoms with Gasteiger partial charge in [-0.3, -0.25) is 14.8 Å². The van der Waals surface area contributed by atoms with E-state index in [0.717, 1.165) is 12.8 Å². The first-order valence-corrected chi connectivity index (χ1v) is 4.40. The molecule has 0 spiro atoms. The summed E-state index contributed by atoms with van der Waals surface area (Å²) >= 11 is 0.